The van der Waals surface area contributed by atoms with E-state index in [1.807, 2.05) is 18.2 Å². The Labute approximate surface area is 182 Å². The Bertz CT molecular complexity index is 1180. The summed E-state index contributed by atoms with van der Waals surface area (Å²) in [6, 6.07) is 37.8. The molecule has 0 saturated heterocycles. The van der Waals surface area contributed by atoms with Crippen molar-refractivity contribution in [3.8, 4) is 5.75 Å². The van der Waals surface area contributed by atoms with Crippen LogP contribution in [0.5, 0.6) is 5.75 Å². The van der Waals surface area contributed by atoms with E-state index in [2.05, 4.69) is 103 Å². The molecule has 0 unspecified atom stereocenters. The van der Waals surface area contributed by atoms with Crippen molar-refractivity contribution in [3.05, 3.63) is 131 Å². The van der Waals surface area contributed by atoms with Gasteiger partial charge in [0.2, 0.25) is 0 Å². The molecular formula is C28H23NO2. The lowest BCUT2D eigenvalue weighted by Gasteiger charge is -2.52. The molecular weight excluding hydrogens is 382 g/mol. The number of anilines is 1. The molecule has 0 aliphatic carbocycles. The summed E-state index contributed by atoms with van der Waals surface area (Å²) < 4.78 is 13.5. The van der Waals surface area contributed by atoms with Gasteiger partial charge >= 0.3 is 0 Å². The average molecular weight is 405 g/mol. The summed E-state index contributed by atoms with van der Waals surface area (Å²) in [7, 11) is 0. The maximum absolute atomic E-state index is 7.22. The van der Waals surface area contributed by atoms with Crippen LogP contribution in [0.3, 0.4) is 0 Å². The normalized spacial score (nSPS) is 20.7. The van der Waals surface area contributed by atoms with Gasteiger partial charge < -0.3 is 14.4 Å². The quantitative estimate of drug-likeness (QED) is 0.393. The molecule has 0 fully saturated rings. The zero-order chi connectivity index (χ0) is 20.8. The second-order valence-corrected chi connectivity index (χ2v) is 8.06. The molecule has 2 aliphatic rings. The van der Waals surface area contributed by atoms with Crippen molar-refractivity contribution in [1.82, 2.24) is 0 Å². The van der Waals surface area contributed by atoms with Crippen molar-refractivity contribution in [1.29, 1.82) is 0 Å². The minimum Gasteiger partial charge on any atom is -0.470 e. The molecule has 0 saturated carbocycles. The highest BCUT2D eigenvalue weighted by molar-refractivity contribution is 5.66. The van der Waals surface area contributed by atoms with E-state index in [9.17, 15) is 0 Å². The van der Waals surface area contributed by atoms with Gasteiger partial charge in [-0.15, -0.1) is 0 Å². The molecule has 6 rings (SSSR count). The third-order valence-electron chi connectivity index (χ3n) is 6.34. The van der Waals surface area contributed by atoms with Crippen LogP contribution in [0.15, 0.2) is 109 Å². The lowest BCUT2D eigenvalue weighted by Crippen LogP contribution is -2.53. The van der Waals surface area contributed by atoms with E-state index in [1.54, 1.807) is 0 Å². The van der Waals surface area contributed by atoms with E-state index in [0.717, 1.165) is 33.7 Å². The van der Waals surface area contributed by atoms with Crippen LogP contribution in [-0.2, 0) is 10.3 Å². The van der Waals surface area contributed by atoms with Crippen LogP contribution < -0.4 is 9.64 Å². The number of fused-ring (bicyclic) bond motifs is 5. The Morgan fingerprint density at radius 2 is 1.26 bits per heavy atom. The smallest absolute Gasteiger partial charge is 0.171 e. The van der Waals surface area contributed by atoms with E-state index in [-0.39, 0.29) is 12.5 Å². The molecule has 0 radical (unpaired) electrons. The number of ether oxygens (including phenoxy) is 2. The first kappa shape index (κ1) is 18.2. The fourth-order valence-corrected chi connectivity index (χ4v) is 5.00. The number of para-hydroxylation sites is 2. The lowest BCUT2D eigenvalue weighted by molar-refractivity contribution is -0.0829. The maximum atomic E-state index is 7.22. The minimum absolute atomic E-state index is 0.148. The third-order valence-corrected chi connectivity index (χ3v) is 6.34. The van der Waals surface area contributed by atoms with Crippen molar-refractivity contribution in [2.75, 3.05) is 4.90 Å². The van der Waals surface area contributed by atoms with Gasteiger partial charge in [0, 0.05) is 16.8 Å². The Balaban J connectivity index is 1.69. The van der Waals surface area contributed by atoms with Crippen LogP contribution in [0.4, 0.5) is 5.69 Å². The summed E-state index contributed by atoms with van der Waals surface area (Å²) in [5, 5.41) is 0. The first-order chi connectivity index (χ1) is 15.3. The summed E-state index contributed by atoms with van der Waals surface area (Å²) in [4.78, 5) is 2.25. The van der Waals surface area contributed by atoms with Crippen LogP contribution in [0.2, 0.25) is 0 Å². The Hall–Kier alpha value is -3.56. The van der Waals surface area contributed by atoms with Crippen molar-refractivity contribution >= 4 is 5.69 Å². The zero-order valence-corrected chi connectivity index (χ0v) is 17.3. The highest BCUT2D eigenvalue weighted by atomic mass is 16.6. The number of benzene rings is 4. The predicted octanol–water partition coefficient (Wildman–Crippen LogP) is 6.25. The van der Waals surface area contributed by atoms with Crippen LogP contribution in [0, 0.1) is 0 Å². The fraction of sp³-hybridized carbons (Fsp3) is 0.143. The standard InChI is InChI=1S/C28H23NO2/c1-20-29-25-18-10-9-17-24(25)28(21-12-4-2-5-13-21,22-14-6-3-7-15-22)31-27(29)23-16-8-11-19-26(23)30-20/h2-20,27H,1H3/t20-,27-/m1/s1. The van der Waals surface area contributed by atoms with E-state index in [0.29, 0.717) is 0 Å². The summed E-state index contributed by atoms with van der Waals surface area (Å²) in [6.45, 7) is 2.08. The van der Waals surface area contributed by atoms with Gasteiger partial charge in [0.05, 0.1) is 0 Å². The summed E-state index contributed by atoms with van der Waals surface area (Å²) >= 11 is 0. The second-order valence-electron chi connectivity index (χ2n) is 8.06. The number of hydrogen-bond acceptors (Lipinski definition) is 3. The van der Waals surface area contributed by atoms with Crippen LogP contribution in [0.1, 0.15) is 35.4 Å². The van der Waals surface area contributed by atoms with Gasteiger partial charge in [0.25, 0.3) is 0 Å². The van der Waals surface area contributed by atoms with E-state index < -0.39 is 5.60 Å². The Morgan fingerprint density at radius 3 is 1.97 bits per heavy atom. The van der Waals surface area contributed by atoms with Gasteiger partial charge in [-0.2, -0.15) is 0 Å². The molecule has 4 aromatic carbocycles. The Kier molecular flexibility index (Phi) is 4.12. The topological polar surface area (TPSA) is 21.7 Å². The van der Waals surface area contributed by atoms with Gasteiger partial charge in [-0.05, 0) is 30.2 Å². The maximum Gasteiger partial charge on any atom is 0.171 e. The van der Waals surface area contributed by atoms with Crippen LogP contribution in [0.25, 0.3) is 0 Å². The SMILES string of the molecule is C[C@H]1Oc2ccccc2[C@H]2OC(c3ccccc3)(c3ccccc3)c3ccccc3N21. The monoisotopic (exact) mass is 405 g/mol. The molecule has 3 heteroatoms. The van der Waals surface area contributed by atoms with Gasteiger partial charge in [-0.1, -0.05) is 97.1 Å². The van der Waals surface area contributed by atoms with Crippen molar-refractivity contribution < 1.29 is 9.47 Å². The van der Waals surface area contributed by atoms with Gasteiger partial charge in [-0.25, -0.2) is 0 Å². The molecule has 0 aromatic heterocycles. The average Bonchev–Trinajstić information content (AvgIpc) is 2.84. The molecule has 31 heavy (non-hydrogen) atoms. The van der Waals surface area contributed by atoms with E-state index in [1.165, 1.54) is 0 Å². The summed E-state index contributed by atoms with van der Waals surface area (Å²) in [5.74, 6) is 0.880. The van der Waals surface area contributed by atoms with Crippen molar-refractivity contribution in [2.45, 2.75) is 25.0 Å². The van der Waals surface area contributed by atoms with E-state index >= 15 is 0 Å². The molecule has 0 bridgehead atoms. The molecule has 0 N–H and O–H groups in total. The number of nitrogens with zero attached hydrogens (tertiary/aromatic N) is 1. The van der Waals surface area contributed by atoms with Crippen molar-refractivity contribution in [3.63, 3.8) is 0 Å². The minimum atomic E-state index is -0.732. The molecule has 3 nitrogen and oxygen atoms in total. The van der Waals surface area contributed by atoms with Crippen LogP contribution >= 0.6 is 0 Å². The van der Waals surface area contributed by atoms with Gasteiger partial charge in [0.15, 0.2) is 12.5 Å². The summed E-state index contributed by atoms with van der Waals surface area (Å²) in [5.41, 5.74) is 4.80. The molecule has 0 spiro atoms. The predicted molar refractivity (Wildman–Crippen MR) is 122 cm³/mol. The number of hydrogen-bond donors (Lipinski definition) is 0. The first-order valence-corrected chi connectivity index (χ1v) is 10.7. The number of rotatable bonds is 2. The fourth-order valence-electron chi connectivity index (χ4n) is 5.00. The molecule has 2 heterocycles. The Morgan fingerprint density at radius 1 is 0.677 bits per heavy atom. The van der Waals surface area contributed by atoms with Crippen molar-refractivity contribution in [2.24, 2.45) is 0 Å². The molecule has 152 valence electrons. The molecule has 4 aromatic rings. The highest BCUT2D eigenvalue weighted by Crippen LogP contribution is 2.55. The largest absolute Gasteiger partial charge is 0.470 e. The van der Waals surface area contributed by atoms with Crippen LogP contribution in [-0.4, -0.2) is 6.23 Å². The van der Waals surface area contributed by atoms with Gasteiger partial charge in [-0.3, -0.25) is 0 Å². The van der Waals surface area contributed by atoms with E-state index in [4.69, 9.17) is 9.47 Å². The van der Waals surface area contributed by atoms with Gasteiger partial charge in [0.1, 0.15) is 11.4 Å². The molecule has 2 atom stereocenters. The molecule has 0 amide bonds. The first-order valence-electron chi connectivity index (χ1n) is 10.7. The highest BCUT2D eigenvalue weighted by Gasteiger charge is 2.50. The molecule has 2 aliphatic heterocycles. The summed E-state index contributed by atoms with van der Waals surface area (Å²) in [6.07, 6.45) is -0.416. The zero-order valence-electron chi connectivity index (χ0n) is 17.3. The lowest BCUT2D eigenvalue weighted by atomic mass is 9.77. The third kappa shape index (κ3) is 2.63. The second kappa shape index (κ2) is 7.00.